The molecule has 0 aromatic rings. The molecule has 0 fully saturated rings. The van der Waals surface area contributed by atoms with Gasteiger partial charge in [-0.1, -0.05) is 0 Å². The molecule has 18 heavy (non-hydrogen) atoms. The summed E-state index contributed by atoms with van der Waals surface area (Å²) in [5.74, 6) is -2.44. The van der Waals surface area contributed by atoms with Crippen molar-refractivity contribution in [3.05, 3.63) is 12.2 Å². The van der Waals surface area contributed by atoms with Crippen LogP contribution in [0.4, 0.5) is 4.79 Å². The molecule has 2 N–H and O–H groups in total. The number of hydrogen-bond donors (Lipinski definition) is 2. The molecule has 0 unspecified atom stereocenters. The van der Waals surface area contributed by atoms with Crippen LogP contribution in [0.25, 0.3) is 0 Å². The minimum Gasteiger partial charge on any atom is -0.478 e. The largest absolute Gasteiger partial charge is 0.478 e. The third kappa shape index (κ3) is 8.28. The highest BCUT2D eigenvalue weighted by Gasteiger charge is 2.13. The predicted molar refractivity (Wildman–Crippen MR) is 62.7 cm³/mol. The summed E-state index contributed by atoms with van der Waals surface area (Å²) in [6.45, 7) is -0.0689. The van der Waals surface area contributed by atoms with E-state index in [4.69, 9.17) is 5.11 Å². The molecule has 0 aliphatic rings. The van der Waals surface area contributed by atoms with Crippen LogP contribution in [0.5, 0.6) is 0 Å². The molecule has 0 heterocycles. The molecule has 3 amide bonds. The van der Waals surface area contributed by atoms with Gasteiger partial charge >= 0.3 is 12.0 Å². The molecule has 0 bridgehead atoms. The Bertz CT molecular complexity index is 467. The first-order valence-electron chi connectivity index (χ1n) is 4.76. The van der Waals surface area contributed by atoms with E-state index in [-0.39, 0.29) is 12.3 Å². The third-order valence-corrected chi connectivity index (χ3v) is 2.68. The number of urea groups is 1. The maximum absolute atomic E-state index is 11.3. The van der Waals surface area contributed by atoms with Gasteiger partial charge in [0.1, 0.15) is 9.84 Å². The van der Waals surface area contributed by atoms with E-state index in [1.165, 1.54) is 7.05 Å². The fourth-order valence-electron chi connectivity index (χ4n) is 0.794. The lowest BCUT2D eigenvalue weighted by atomic mass is 10.4. The molecule has 0 aromatic heterocycles. The van der Waals surface area contributed by atoms with E-state index in [0.717, 1.165) is 11.2 Å². The van der Waals surface area contributed by atoms with Crippen LogP contribution < -0.4 is 5.32 Å². The quantitative estimate of drug-likeness (QED) is 0.612. The number of amides is 3. The van der Waals surface area contributed by atoms with Crippen LogP contribution in [-0.4, -0.2) is 61.9 Å². The summed E-state index contributed by atoms with van der Waals surface area (Å²) in [6, 6.07) is -0.807. The van der Waals surface area contributed by atoms with Gasteiger partial charge in [-0.15, -0.1) is 0 Å². The fourth-order valence-corrected chi connectivity index (χ4v) is 1.40. The van der Waals surface area contributed by atoms with E-state index >= 15 is 0 Å². The van der Waals surface area contributed by atoms with Crippen LogP contribution in [0.1, 0.15) is 0 Å². The smallest absolute Gasteiger partial charge is 0.328 e. The van der Waals surface area contributed by atoms with Crippen LogP contribution in [0.3, 0.4) is 0 Å². The molecule has 102 valence electrons. The summed E-state index contributed by atoms with van der Waals surface area (Å²) in [5, 5.41) is 10.1. The van der Waals surface area contributed by atoms with Gasteiger partial charge in [0.15, 0.2) is 0 Å². The molecule has 0 spiro atoms. The normalized spacial score (nSPS) is 11.2. The van der Waals surface area contributed by atoms with Crippen molar-refractivity contribution in [2.75, 3.05) is 25.6 Å². The third-order valence-electron chi connectivity index (χ3n) is 1.75. The summed E-state index contributed by atoms with van der Waals surface area (Å²) >= 11 is 0. The van der Waals surface area contributed by atoms with Crippen molar-refractivity contribution in [2.45, 2.75) is 0 Å². The summed E-state index contributed by atoms with van der Waals surface area (Å²) in [6.07, 6.45) is 2.29. The second-order valence-corrected chi connectivity index (χ2v) is 5.78. The number of carboxylic acid groups (broad SMARTS) is 1. The van der Waals surface area contributed by atoms with Crippen molar-refractivity contribution >= 4 is 27.7 Å². The summed E-state index contributed by atoms with van der Waals surface area (Å²) < 4.78 is 21.7. The predicted octanol–water partition coefficient (Wildman–Crippen LogP) is -1.16. The first-order chi connectivity index (χ1) is 8.11. The van der Waals surface area contributed by atoms with E-state index < -0.39 is 27.7 Å². The zero-order chi connectivity index (χ0) is 14.3. The van der Waals surface area contributed by atoms with Crippen LogP contribution in [-0.2, 0) is 19.4 Å². The topological polar surface area (TPSA) is 121 Å². The number of nitrogens with zero attached hydrogens (tertiary/aromatic N) is 1. The van der Waals surface area contributed by atoms with E-state index in [2.05, 4.69) is 0 Å². The van der Waals surface area contributed by atoms with E-state index in [1.807, 2.05) is 5.32 Å². The Hall–Kier alpha value is -1.90. The molecule has 0 rings (SSSR count). The van der Waals surface area contributed by atoms with Crippen LogP contribution in [0.15, 0.2) is 12.2 Å². The molecule has 0 atom stereocenters. The molecule has 0 saturated heterocycles. The zero-order valence-corrected chi connectivity index (χ0v) is 10.7. The molecule has 8 nitrogen and oxygen atoms in total. The fraction of sp³-hybridized carbons (Fsp3) is 0.444. The number of carbonyl (C=O) groups is 3. The number of carbonyl (C=O) groups excluding carboxylic acids is 2. The molecule has 9 heteroatoms. The van der Waals surface area contributed by atoms with Gasteiger partial charge in [0.2, 0.25) is 0 Å². The number of hydrogen-bond acceptors (Lipinski definition) is 5. The monoisotopic (exact) mass is 278 g/mol. The zero-order valence-electron chi connectivity index (χ0n) is 9.91. The SMILES string of the molecule is CN(CCS(C)(=O)=O)C(=O)NC(=O)C=CC(=O)O. The highest BCUT2D eigenvalue weighted by molar-refractivity contribution is 7.90. The van der Waals surface area contributed by atoms with Gasteiger partial charge in [-0.05, 0) is 0 Å². The van der Waals surface area contributed by atoms with Crippen LogP contribution >= 0.6 is 0 Å². The number of rotatable bonds is 5. The van der Waals surface area contributed by atoms with Gasteiger partial charge in [0, 0.05) is 32.0 Å². The Balaban J connectivity index is 4.24. The molecular weight excluding hydrogens is 264 g/mol. The average Bonchev–Trinajstić information content (AvgIpc) is 2.21. The standard InChI is InChI=1S/C9H14N2O6S/c1-11(5-6-18(2,16)17)9(15)10-7(12)3-4-8(13)14/h3-4H,5-6H2,1-2H3,(H,13,14)(H,10,12,15). The molecule has 0 saturated carbocycles. The van der Waals surface area contributed by atoms with Crippen LogP contribution in [0.2, 0.25) is 0 Å². The lowest BCUT2D eigenvalue weighted by Gasteiger charge is -2.15. The number of aliphatic carboxylic acids is 1. The van der Waals surface area contributed by atoms with Crippen molar-refractivity contribution in [1.29, 1.82) is 0 Å². The highest BCUT2D eigenvalue weighted by Crippen LogP contribution is 1.89. The second-order valence-electron chi connectivity index (χ2n) is 3.52. The van der Waals surface area contributed by atoms with E-state index in [1.54, 1.807) is 0 Å². The minimum atomic E-state index is -3.20. The Morgan fingerprint density at radius 3 is 2.28 bits per heavy atom. The Kier molecular flexibility index (Phi) is 6.03. The van der Waals surface area contributed by atoms with Crippen LogP contribution in [0, 0.1) is 0 Å². The first kappa shape index (κ1) is 16.1. The highest BCUT2D eigenvalue weighted by atomic mass is 32.2. The van der Waals surface area contributed by atoms with Gasteiger partial charge in [-0.25, -0.2) is 18.0 Å². The van der Waals surface area contributed by atoms with Crippen molar-refractivity contribution in [2.24, 2.45) is 0 Å². The van der Waals surface area contributed by atoms with Crippen molar-refractivity contribution in [1.82, 2.24) is 10.2 Å². The second kappa shape index (κ2) is 6.74. The molecular formula is C9H14N2O6S. The molecule has 0 aliphatic heterocycles. The first-order valence-corrected chi connectivity index (χ1v) is 6.82. The number of sulfone groups is 1. The molecule has 0 aromatic carbocycles. The van der Waals surface area contributed by atoms with Crippen molar-refractivity contribution in [3.63, 3.8) is 0 Å². The molecule has 0 aliphatic carbocycles. The van der Waals surface area contributed by atoms with Gasteiger partial charge < -0.3 is 10.0 Å². The lowest BCUT2D eigenvalue weighted by Crippen LogP contribution is -2.41. The minimum absolute atomic E-state index is 0.0689. The van der Waals surface area contributed by atoms with E-state index in [9.17, 15) is 22.8 Å². The Morgan fingerprint density at radius 1 is 1.28 bits per heavy atom. The Morgan fingerprint density at radius 2 is 1.83 bits per heavy atom. The number of carboxylic acids is 1. The van der Waals surface area contributed by atoms with Crippen molar-refractivity contribution < 1.29 is 27.9 Å². The van der Waals surface area contributed by atoms with Gasteiger partial charge in [0.25, 0.3) is 5.91 Å². The lowest BCUT2D eigenvalue weighted by molar-refractivity contribution is -0.131. The van der Waals surface area contributed by atoms with Gasteiger partial charge in [0.05, 0.1) is 5.75 Å². The van der Waals surface area contributed by atoms with E-state index in [0.29, 0.717) is 12.2 Å². The number of nitrogens with one attached hydrogen (secondary N) is 1. The summed E-state index contributed by atoms with van der Waals surface area (Å²) in [5.41, 5.74) is 0. The number of imide groups is 1. The maximum Gasteiger partial charge on any atom is 0.328 e. The Labute approximate surface area is 104 Å². The van der Waals surface area contributed by atoms with Crippen molar-refractivity contribution in [3.8, 4) is 0 Å². The molecule has 0 radical (unpaired) electrons. The maximum atomic E-state index is 11.3. The average molecular weight is 278 g/mol. The summed E-state index contributed by atoms with van der Waals surface area (Å²) in [7, 11) is -1.89. The summed E-state index contributed by atoms with van der Waals surface area (Å²) in [4.78, 5) is 33.5. The van der Waals surface area contributed by atoms with Gasteiger partial charge in [-0.2, -0.15) is 0 Å². The van der Waals surface area contributed by atoms with Gasteiger partial charge in [-0.3, -0.25) is 10.1 Å².